The van der Waals surface area contributed by atoms with Gasteiger partial charge in [0, 0.05) is 19.0 Å². The van der Waals surface area contributed by atoms with Crippen molar-refractivity contribution in [1.82, 2.24) is 4.72 Å². The molecule has 1 aliphatic heterocycles. The fourth-order valence-corrected chi connectivity index (χ4v) is 2.32. The molecular weight excluding hydrogens is 268 g/mol. The van der Waals surface area contributed by atoms with Gasteiger partial charge in [-0.25, -0.2) is 0 Å². The SMILES string of the molecule is C=C/C(SNCCC1CCC(=O)O1)=C(\C=C)[N+](=O)[O-]. The van der Waals surface area contributed by atoms with Gasteiger partial charge in [-0.2, -0.15) is 0 Å². The van der Waals surface area contributed by atoms with E-state index in [9.17, 15) is 14.9 Å². The summed E-state index contributed by atoms with van der Waals surface area (Å²) >= 11 is 1.12. The molecule has 0 aromatic carbocycles. The van der Waals surface area contributed by atoms with Crippen molar-refractivity contribution in [3.05, 3.63) is 46.0 Å². The topological polar surface area (TPSA) is 81.5 Å². The van der Waals surface area contributed by atoms with E-state index in [4.69, 9.17) is 4.74 Å². The van der Waals surface area contributed by atoms with Gasteiger partial charge in [0.15, 0.2) is 0 Å². The first-order chi connectivity index (χ1) is 9.08. The zero-order chi connectivity index (χ0) is 14.3. The van der Waals surface area contributed by atoms with E-state index in [1.165, 1.54) is 12.2 Å². The molecule has 0 spiro atoms. The molecule has 0 aromatic rings. The lowest BCUT2D eigenvalue weighted by Gasteiger charge is -2.09. The highest BCUT2D eigenvalue weighted by molar-refractivity contribution is 8.01. The Balaban J connectivity index is 2.38. The van der Waals surface area contributed by atoms with E-state index in [2.05, 4.69) is 17.9 Å². The number of nitrogens with one attached hydrogen (secondary N) is 1. The summed E-state index contributed by atoms with van der Waals surface area (Å²) in [5.41, 5.74) is -0.0835. The molecule has 6 nitrogen and oxygen atoms in total. The number of esters is 1. The first-order valence-corrected chi connectivity index (χ1v) is 6.62. The monoisotopic (exact) mass is 284 g/mol. The molecule has 7 heteroatoms. The third-order valence-electron chi connectivity index (χ3n) is 2.55. The van der Waals surface area contributed by atoms with Gasteiger partial charge in [-0.3, -0.25) is 19.6 Å². The van der Waals surface area contributed by atoms with Gasteiger partial charge in [-0.15, -0.1) is 0 Å². The average molecular weight is 284 g/mol. The number of carbonyl (C=O) groups excluding carboxylic acids is 1. The predicted molar refractivity (Wildman–Crippen MR) is 73.7 cm³/mol. The molecule has 0 bridgehead atoms. The molecule has 0 aromatic heterocycles. The summed E-state index contributed by atoms with van der Waals surface area (Å²) < 4.78 is 8.05. The number of cyclic esters (lactones) is 1. The minimum Gasteiger partial charge on any atom is -0.462 e. The maximum Gasteiger partial charge on any atom is 0.306 e. The normalized spacial score (nSPS) is 19.6. The second kappa shape index (κ2) is 7.75. The number of allylic oxidation sites excluding steroid dienone is 2. The van der Waals surface area contributed by atoms with Crippen molar-refractivity contribution in [2.24, 2.45) is 0 Å². The molecule has 104 valence electrons. The fraction of sp³-hybridized carbons (Fsp3) is 0.417. The molecule has 0 radical (unpaired) electrons. The summed E-state index contributed by atoms with van der Waals surface area (Å²) in [4.78, 5) is 21.5. The standard InChI is InChI=1S/C12H16N2O4S/c1-3-10(14(16)17)11(4-2)19-13-8-7-9-5-6-12(15)18-9/h3-4,9,13H,1-2,5-8H2/b11-10-. The van der Waals surface area contributed by atoms with Crippen LogP contribution in [0.1, 0.15) is 19.3 Å². The van der Waals surface area contributed by atoms with Crippen LogP contribution in [-0.2, 0) is 9.53 Å². The number of hydrogen-bond donors (Lipinski definition) is 1. The van der Waals surface area contributed by atoms with E-state index in [1.54, 1.807) is 0 Å². The predicted octanol–water partition coefficient (Wildman–Crippen LogP) is 2.18. The van der Waals surface area contributed by atoms with Gasteiger partial charge in [-0.05, 0) is 30.9 Å². The number of ether oxygens (including phenoxy) is 1. The van der Waals surface area contributed by atoms with Crippen molar-refractivity contribution >= 4 is 17.9 Å². The third-order valence-corrected chi connectivity index (χ3v) is 3.49. The molecule has 19 heavy (non-hydrogen) atoms. The van der Waals surface area contributed by atoms with E-state index in [0.29, 0.717) is 24.3 Å². The zero-order valence-electron chi connectivity index (χ0n) is 10.5. The molecule has 1 unspecified atom stereocenters. The van der Waals surface area contributed by atoms with Crippen LogP contribution >= 0.6 is 11.9 Å². The van der Waals surface area contributed by atoms with Crippen LogP contribution in [0.5, 0.6) is 0 Å². The average Bonchev–Trinajstić information content (AvgIpc) is 2.78. The van der Waals surface area contributed by atoms with Gasteiger partial charge in [0.1, 0.15) is 6.10 Å². The quantitative estimate of drug-likeness (QED) is 0.184. The lowest BCUT2D eigenvalue weighted by Crippen LogP contribution is -2.15. The van der Waals surface area contributed by atoms with E-state index in [1.807, 2.05) is 0 Å². The van der Waals surface area contributed by atoms with Crippen LogP contribution in [-0.4, -0.2) is 23.5 Å². The second-order valence-electron chi connectivity index (χ2n) is 3.85. The summed E-state index contributed by atoms with van der Waals surface area (Å²) in [7, 11) is 0. The third kappa shape index (κ3) is 4.88. The number of rotatable bonds is 8. The molecule has 1 atom stereocenters. The Morgan fingerprint density at radius 2 is 2.32 bits per heavy atom. The van der Waals surface area contributed by atoms with Gasteiger partial charge in [-0.1, -0.05) is 13.2 Å². The molecule has 0 amide bonds. The van der Waals surface area contributed by atoms with Crippen LogP contribution < -0.4 is 4.72 Å². The van der Waals surface area contributed by atoms with Gasteiger partial charge in [0.2, 0.25) is 0 Å². The van der Waals surface area contributed by atoms with E-state index >= 15 is 0 Å². The van der Waals surface area contributed by atoms with Gasteiger partial charge >= 0.3 is 5.97 Å². The molecule has 1 N–H and O–H groups in total. The number of nitro groups is 1. The Hall–Kier alpha value is -1.60. The van der Waals surface area contributed by atoms with Crippen LogP contribution in [0.15, 0.2) is 35.9 Å². The number of nitrogens with zero attached hydrogens (tertiary/aromatic N) is 1. The summed E-state index contributed by atoms with van der Waals surface area (Å²) in [6.45, 7) is 7.53. The van der Waals surface area contributed by atoms with Crippen LogP contribution in [0.25, 0.3) is 0 Å². The molecule has 0 saturated carbocycles. The minimum atomic E-state index is -0.503. The Morgan fingerprint density at radius 3 is 2.79 bits per heavy atom. The second-order valence-corrected chi connectivity index (χ2v) is 4.78. The minimum absolute atomic E-state index is 0.0499. The first kappa shape index (κ1) is 15.5. The van der Waals surface area contributed by atoms with E-state index < -0.39 is 4.92 Å². The maximum atomic E-state index is 10.9. The first-order valence-electron chi connectivity index (χ1n) is 5.81. The number of hydrogen-bond acceptors (Lipinski definition) is 6. The Bertz CT molecular complexity index is 420. The fourth-order valence-electron chi connectivity index (χ4n) is 1.60. The van der Waals surface area contributed by atoms with E-state index in [0.717, 1.165) is 18.4 Å². The van der Waals surface area contributed by atoms with Crippen molar-refractivity contribution in [3.63, 3.8) is 0 Å². The van der Waals surface area contributed by atoms with Gasteiger partial charge < -0.3 is 4.74 Å². The highest BCUT2D eigenvalue weighted by atomic mass is 32.2. The molecule has 1 heterocycles. The lowest BCUT2D eigenvalue weighted by atomic mass is 10.2. The van der Waals surface area contributed by atoms with Crippen molar-refractivity contribution < 1.29 is 14.5 Å². The highest BCUT2D eigenvalue weighted by Crippen LogP contribution is 2.20. The van der Waals surface area contributed by atoms with Gasteiger partial charge in [0.05, 0.1) is 9.83 Å². The molecule has 1 saturated heterocycles. The van der Waals surface area contributed by atoms with Crippen LogP contribution in [0.3, 0.4) is 0 Å². The van der Waals surface area contributed by atoms with Crippen molar-refractivity contribution in [2.45, 2.75) is 25.4 Å². The van der Waals surface area contributed by atoms with Crippen LogP contribution in [0, 0.1) is 10.1 Å². The Morgan fingerprint density at radius 1 is 1.58 bits per heavy atom. The summed E-state index contributed by atoms with van der Waals surface area (Å²) in [6, 6.07) is 0. The van der Waals surface area contributed by atoms with Crippen LogP contribution in [0.2, 0.25) is 0 Å². The van der Waals surface area contributed by atoms with Crippen LogP contribution in [0.4, 0.5) is 0 Å². The van der Waals surface area contributed by atoms with E-state index in [-0.39, 0.29) is 17.8 Å². The molecular formula is C12H16N2O4S. The largest absolute Gasteiger partial charge is 0.462 e. The number of carbonyl (C=O) groups is 1. The summed E-state index contributed by atoms with van der Waals surface area (Å²) in [5, 5.41) is 10.7. The van der Waals surface area contributed by atoms with Crippen molar-refractivity contribution in [1.29, 1.82) is 0 Å². The molecule has 0 aliphatic carbocycles. The molecule has 1 rings (SSSR count). The highest BCUT2D eigenvalue weighted by Gasteiger charge is 2.22. The zero-order valence-corrected chi connectivity index (χ0v) is 11.3. The van der Waals surface area contributed by atoms with Gasteiger partial charge in [0.25, 0.3) is 5.70 Å². The Labute approximate surface area is 115 Å². The van der Waals surface area contributed by atoms with Crippen molar-refractivity contribution in [2.75, 3.05) is 6.54 Å². The molecule has 1 aliphatic rings. The lowest BCUT2D eigenvalue weighted by molar-refractivity contribution is -0.419. The molecule has 1 fully saturated rings. The smallest absolute Gasteiger partial charge is 0.306 e. The van der Waals surface area contributed by atoms with Crippen molar-refractivity contribution in [3.8, 4) is 0 Å². The summed E-state index contributed by atoms with van der Waals surface area (Å²) in [6.07, 6.45) is 4.44. The Kier molecular flexibility index (Phi) is 6.31. The summed E-state index contributed by atoms with van der Waals surface area (Å²) in [5.74, 6) is -0.161. The maximum absolute atomic E-state index is 10.9.